The number of para-hydroxylation sites is 3. The van der Waals surface area contributed by atoms with Gasteiger partial charge in [-0.2, -0.15) is 0 Å². The molecule has 0 saturated carbocycles. The molecule has 0 bridgehead atoms. The Morgan fingerprint density at radius 3 is 1.50 bits per heavy atom. The molecule has 0 atom stereocenters. The van der Waals surface area contributed by atoms with Crippen LogP contribution in [0.3, 0.4) is 0 Å². The molecule has 0 aliphatic heterocycles. The second-order valence-corrected chi connectivity index (χ2v) is 16.1. The number of rotatable bonds is 6. The maximum Gasteiger partial charge on any atom is 0.137 e. The van der Waals surface area contributed by atoms with E-state index in [4.69, 9.17) is 8.83 Å². The zero-order chi connectivity index (χ0) is 40.7. The number of furan rings is 2. The predicted molar refractivity (Wildman–Crippen MR) is 258 cm³/mol. The van der Waals surface area contributed by atoms with Gasteiger partial charge in [-0.3, -0.25) is 0 Å². The monoisotopic (exact) mass is 792 g/mol. The van der Waals surface area contributed by atoms with Gasteiger partial charge >= 0.3 is 0 Å². The van der Waals surface area contributed by atoms with E-state index in [-0.39, 0.29) is 0 Å². The SMILES string of the molecule is c1ccc(-c2c3ccccc3n3c2ccc2cc(-c4cccc(-c5cccc(N(c6ccc7c(c6)oc6ccccc67)c6ccc7c(c6)oc6ccccc67)c5)c4)ccc23)cc1. The van der Waals surface area contributed by atoms with Gasteiger partial charge in [0.15, 0.2) is 0 Å². The molecule has 0 fully saturated rings. The minimum atomic E-state index is 0.847. The van der Waals surface area contributed by atoms with Crippen LogP contribution >= 0.6 is 0 Å². The van der Waals surface area contributed by atoms with Gasteiger partial charge in [-0.1, -0.05) is 127 Å². The number of hydrogen-bond donors (Lipinski definition) is 0. The highest BCUT2D eigenvalue weighted by Crippen LogP contribution is 2.43. The Hall–Kier alpha value is -8.34. The van der Waals surface area contributed by atoms with Crippen molar-refractivity contribution in [1.29, 1.82) is 0 Å². The van der Waals surface area contributed by atoms with Crippen molar-refractivity contribution in [3.63, 3.8) is 0 Å². The van der Waals surface area contributed by atoms with Crippen molar-refractivity contribution in [1.82, 2.24) is 4.40 Å². The third-order valence-corrected chi connectivity index (χ3v) is 12.5. The molecule has 13 rings (SSSR count). The van der Waals surface area contributed by atoms with Crippen molar-refractivity contribution < 1.29 is 8.83 Å². The molecule has 0 aliphatic rings. The predicted octanol–water partition coefficient (Wildman–Crippen LogP) is 16.5. The lowest BCUT2D eigenvalue weighted by atomic mass is 9.97. The van der Waals surface area contributed by atoms with Gasteiger partial charge in [0.25, 0.3) is 0 Å². The molecule has 13 aromatic rings. The van der Waals surface area contributed by atoms with Crippen LogP contribution in [0.2, 0.25) is 0 Å². The lowest BCUT2D eigenvalue weighted by Gasteiger charge is -2.26. The molecule has 290 valence electrons. The topological polar surface area (TPSA) is 33.9 Å². The highest BCUT2D eigenvalue weighted by atomic mass is 16.3. The zero-order valence-electron chi connectivity index (χ0n) is 33.5. The molecule has 4 aromatic heterocycles. The van der Waals surface area contributed by atoms with Crippen molar-refractivity contribution in [3.05, 3.63) is 218 Å². The van der Waals surface area contributed by atoms with Crippen LogP contribution in [0.5, 0.6) is 0 Å². The number of hydrogen-bond acceptors (Lipinski definition) is 3. The average Bonchev–Trinajstić information content (AvgIpc) is 4.01. The molecule has 0 spiro atoms. The fourth-order valence-corrected chi connectivity index (χ4v) is 9.68. The summed E-state index contributed by atoms with van der Waals surface area (Å²) >= 11 is 0. The van der Waals surface area contributed by atoms with Gasteiger partial charge in [0.2, 0.25) is 0 Å². The number of nitrogens with zero attached hydrogens (tertiary/aromatic N) is 2. The molecular formula is C58H36N2O2. The molecule has 0 amide bonds. The standard InChI is InChI=1S/C58H36N2O2/c1-2-12-37(13-3-1)58-50-20-4-7-21-52(50)60-51-30-24-41(33-42(51)25-31-53(58)60)39-15-10-14-38(32-39)40-16-11-17-43(34-40)59(44-26-28-48-46-18-5-8-22-54(46)61-56(48)35-44)45-27-29-49-47-19-6-9-23-55(47)62-57(49)36-45/h1-36H. The second-order valence-electron chi connectivity index (χ2n) is 16.1. The van der Waals surface area contributed by atoms with Crippen LogP contribution in [-0.4, -0.2) is 4.40 Å². The molecule has 0 aliphatic carbocycles. The van der Waals surface area contributed by atoms with Crippen LogP contribution in [-0.2, 0) is 0 Å². The summed E-state index contributed by atoms with van der Waals surface area (Å²) in [5.41, 5.74) is 17.2. The first-order valence-corrected chi connectivity index (χ1v) is 21.1. The maximum absolute atomic E-state index is 6.41. The van der Waals surface area contributed by atoms with Crippen LogP contribution in [0.25, 0.3) is 105 Å². The van der Waals surface area contributed by atoms with Crippen LogP contribution in [0.4, 0.5) is 17.1 Å². The summed E-state index contributed by atoms with van der Waals surface area (Å²) in [5.74, 6) is 0. The van der Waals surface area contributed by atoms with Crippen molar-refractivity contribution in [2.45, 2.75) is 0 Å². The molecule has 0 saturated heterocycles. The Kier molecular flexibility index (Phi) is 7.57. The van der Waals surface area contributed by atoms with E-state index in [1.165, 1.54) is 49.6 Å². The van der Waals surface area contributed by atoms with E-state index in [1.54, 1.807) is 0 Å². The Labute approximate surface area is 356 Å². The molecule has 9 aromatic carbocycles. The van der Waals surface area contributed by atoms with Crippen molar-refractivity contribution >= 4 is 88.3 Å². The van der Waals surface area contributed by atoms with Gasteiger partial charge in [0, 0.05) is 61.7 Å². The van der Waals surface area contributed by atoms with Gasteiger partial charge in [0.1, 0.15) is 22.3 Å². The molecule has 0 radical (unpaired) electrons. The summed E-state index contributed by atoms with van der Waals surface area (Å²) in [6, 6.07) is 78.1. The van der Waals surface area contributed by atoms with Crippen LogP contribution in [0, 0.1) is 0 Å². The summed E-state index contributed by atoms with van der Waals surface area (Å²) in [6.45, 7) is 0. The molecule has 0 unspecified atom stereocenters. The van der Waals surface area contributed by atoms with E-state index < -0.39 is 0 Å². The summed E-state index contributed by atoms with van der Waals surface area (Å²) in [6.07, 6.45) is 0. The largest absolute Gasteiger partial charge is 0.456 e. The van der Waals surface area contributed by atoms with E-state index in [9.17, 15) is 0 Å². The first-order chi connectivity index (χ1) is 30.7. The molecule has 62 heavy (non-hydrogen) atoms. The molecule has 4 heteroatoms. The summed E-state index contributed by atoms with van der Waals surface area (Å²) in [5, 5.41) is 6.87. The number of benzene rings is 9. The fourth-order valence-electron chi connectivity index (χ4n) is 9.68. The number of pyridine rings is 1. The first kappa shape index (κ1) is 34.5. The summed E-state index contributed by atoms with van der Waals surface area (Å²) in [4.78, 5) is 2.30. The third kappa shape index (κ3) is 5.40. The molecule has 4 heterocycles. The molecular weight excluding hydrogens is 757 g/mol. The van der Waals surface area contributed by atoms with Crippen molar-refractivity contribution in [2.75, 3.05) is 4.90 Å². The number of anilines is 3. The third-order valence-electron chi connectivity index (χ3n) is 12.5. The Morgan fingerprint density at radius 1 is 0.290 bits per heavy atom. The smallest absolute Gasteiger partial charge is 0.137 e. The van der Waals surface area contributed by atoms with Crippen molar-refractivity contribution in [2.24, 2.45) is 0 Å². The lowest BCUT2D eigenvalue weighted by molar-refractivity contribution is 0.669. The molecule has 4 nitrogen and oxygen atoms in total. The van der Waals surface area contributed by atoms with Crippen LogP contribution in [0.1, 0.15) is 0 Å². The van der Waals surface area contributed by atoms with Crippen LogP contribution < -0.4 is 4.90 Å². The lowest BCUT2D eigenvalue weighted by Crippen LogP contribution is -2.09. The minimum Gasteiger partial charge on any atom is -0.456 e. The summed E-state index contributed by atoms with van der Waals surface area (Å²) in [7, 11) is 0. The second kappa shape index (κ2) is 13.6. The highest BCUT2D eigenvalue weighted by molar-refractivity contribution is 6.10. The van der Waals surface area contributed by atoms with E-state index in [0.29, 0.717) is 0 Å². The van der Waals surface area contributed by atoms with Gasteiger partial charge in [0.05, 0.1) is 16.6 Å². The van der Waals surface area contributed by atoms with Crippen molar-refractivity contribution in [3.8, 4) is 33.4 Å². The van der Waals surface area contributed by atoms with Gasteiger partial charge in [-0.25, -0.2) is 0 Å². The molecule has 0 N–H and O–H groups in total. The van der Waals surface area contributed by atoms with E-state index in [0.717, 1.165) is 72.1 Å². The number of aromatic nitrogens is 1. The van der Waals surface area contributed by atoms with Gasteiger partial charge < -0.3 is 18.1 Å². The minimum absolute atomic E-state index is 0.847. The maximum atomic E-state index is 6.41. The normalized spacial score (nSPS) is 11.9. The summed E-state index contributed by atoms with van der Waals surface area (Å²) < 4.78 is 15.2. The first-order valence-electron chi connectivity index (χ1n) is 21.1. The quantitative estimate of drug-likeness (QED) is 0.168. The zero-order valence-corrected chi connectivity index (χ0v) is 33.5. The Bertz CT molecular complexity index is 3770. The Balaban J connectivity index is 0.915. The number of fused-ring (bicyclic) bond motifs is 11. The van der Waals surface area contributed by atoms with E-state index >= 15 is 0 Å². The van der Waals surface area contributed by atoms with Gasteiger partial charge in [-0.15, -0.1) is 0 Å². The average molecular weight is 793 g/mol. The fraction of sp³-hybridized carbons (Fsp3) is 0. The highest BCUT2D eigenvalue weighted by Gasteiger charge is 2.19. The van der Waals surface area contributed by atoms with Gasteiger partial charge in [-0.05, 0) is 112 Å². The van der Waals surface area contributed by atoms with E-state index in [2.05, 4.69) is 203 Å². The van der Waals surface area contributed by atoms with Crippen LogP contribution in [0.15, 0.2) is 227 Å². The van der Waals surface area contributed by atoms with E-state index in [1.807, 2.05) is 24.3 Å². The Morgan fingerprint density at radius 2 is 0.806 bits per heavy atom.